The van der Waals surface area contributed by atoms with Crippen molar-refractivity contribution in [3.05, 3.63) is 47.2 Å². The van der Waals surface area contributed by atoms with Gasteiger partial charge in [0, 0.05) is 51.3 Å². The predicted molar refractivity (Wildman–Crippen MR) is 133 cm³/mol. The van der Waals surface area contributed by atoms with Gasteiger partial charge in [-0.1, -0.05) is 49.6 Å². The highest BCUT2D eigenvalue weighted by atomic mass is 16.5. The van der Waals surface area contributed by atoms with Crippen LogP contribution in [0.15, 0.2) is 30.3 Å². The summed E-state index contributed by atoms with van der Waals surface area (Å²) in [4.78, 5) is 29.6. The van der Waals surface area contributed by atoms with Crippen LogP contribution in [0.3, 0.4) is 0 Å². The molecule has 1 saturated carbocycles. The third-order valence-corrected chi connectivity index (χ3v) is 7.35. The fourth-order valence-corrected chi connectivity index (χ4v) is 5.27. The molecule has 1 aromatic carbocycles. The fourth-order valence-electron chi connectivity index (χ4n) is 5.27. The first-order valence-electron chi connectivity index (χ1n) is 12.7. The first-order chi connectivity index (χ1) is 16.7. The number of nitrogens with zero attached hydrogens (tertiary/aromatic N) is 5. The van der Waals surface area contributed by atoms with E-state index in [0.717, 1.165) is 48.1 Å². The molecule has 0 bridgehead atoms. The minimum Gasteiger partial charge on any atom is -0.378 e. The number of benzene rings is 1. The van der Waals surface area contributed by atoms with Crippen LogP contribution in [0.4, 0.5) is 16.6 Å². The lowest BCUT2D eigenvalue weighted by molar-refractivity contribution is 0.122. The zero-order valence-electron chi connectivity index (χ0n) is 20.2. The third kappa shape index (κ3) is 5.12. The molecule has 1 aliphatic carbocycles. The Bertz CT molecular complexity index is 973. The molecule has 0 spiro atoms. The second-order valence-electron chi connectivity index (χ2n) is 9.59. The number of morpholine rings is 1. The maximum Gasteiger partial charge on any atom is 0.317 e. The summed E-state index contributed by atoms with van der Waals surface area (Å²) in [6.45, 7) is 4.77. The maximum atomic E-state index is 13.0. The Kier molecular flexibility index (Phi) is 7.13. The summed E-state index contributed by atoms with van der Waals surface area (Å²) in [5.41, 5.74) is 3.27. The lowest BCUT2D eigenvalue weighted by Gasteiger charge is -2.36. The SMILES string of the molecule is CN(c1nc2c(c(N3CCOCC3)n1)CN(C(=O)NCc1ccccc1)CC2)C1CCCCC1. The minimum atomic E-state index is -0.0363. The van der Waals surface area contributed by atoms with E-state index in [0.29, 0.717) is 38.9 Å². The molecular formula is C26H36N6O2. The van der Waals surface area contributed by atoms with Crippen LogP contribution < -0.4 is 15.1 Å². The Labute approximate surface area is 202 Å². The molecule has 3 heterocycles. The van der Waals surface area contributed by atoms with Gasteiger partial charge in [0.1, 0.15) is 5.82 Å². The minimum absolute atomic E-state index is 0.0363. The number of rotatable bonds is 5. The van der Waals surface area contributed by atoms with Gasteiger partial charge >= 0.3 is 6.03 Å². The Hall–Kier alpha value is -2.87. The van der Waals surface area contributed by atoms with Gasteiger partial charge in [-0.15, -0.1) is 0 Å². The number of hydrogen-bond donors (Lipinski definition) is 1. The average Bonchev–Trinajstić information content (AvgIpc) is 2.92. The van der Waals surface area contributed by atoms with Gasteiger partial charge in [0.05, 0.1) is 25.5 Å². The Morgan fingerprint density at radius 2 is 1.85 bits per heavy atom. The van der Waals surface area contributed by atoms with Crippen molar-refractivity contribution < 1.29 is 9.53 Å². The highest BCUT2D eigenvalue weighted by Gasteiger charge is 2.30. The molecule has 2 aliphatic heterocycles. The molecule has 2 aromatic rings. The average molecular weight is 465 g/mol. The number of anilines is 2. The largest absolute Gasteiger partial charge is 0.378 e. The van der Waals surface area contributed by atoms with E-state index < -0.39 is 0 Å². The van der Waals surface area contributed by atoms with Crippen LogP contribution in [0.2, 0.25) is 0 Å². The number of carbonyl (C=O) groups excluding carboxylic acids is 1. The first-order valence-corrected chi connectivity index (χ1v) is 12.7. The molecule has 0 radical (unpaired) electrons. The molecule has 0 unspecified atom stereocenters. The summed E-state index contributed by atoms with van der Waals surface area (Å²) >= 11 is 0. The molecule has 182 valence electrons. The molecule has 8 heteroatoms. The summed E-state index contributed by atoms with van der Waals surface area (Å²) in [7, 11) is 2.15. The maximum absolute atomic E-state index is 13.0. The molecule has 2 fully saturated rings. The second kappa shape index (κ2) is 10.6. The van der Waals surface area contributed by atoms with Gasteiger partial charge in [0.2, 0.25) is 5.95 Å². The molecule has 2 amide bonds. The molecule has 1 aromatic heterocycles. The van der Waals surface area contributed by atoms with Crippen LogP contribution in [0.5, 0.6) is 0 Å². The highest BCUT2D eigenvalue weighted by Crippen LogP contribution is 2.31. The first kappa shape index (κ1) is 22.9. The smallest absolute Gasteiger partial charge is 0.317 e. The number of amides is 2. The number of carbonyl (C=O) groups is 1. The second-order valence-corrected chi connectivity index (χ2v) is 9.59. The Morgan fingerprint density at radius 1 is 1.09 bits per heavy atom. The van der Waals surface area contributed by atoms with E-state index in [2.05, 4.69) is 22.2 Å². The standard InChI is InChI=1S/C26H36N6O2/c1-30(21-10-6-3-7-11-21)25-28-23-12-13-32(26(33)27-18-20-8-4-2-5-9-20)19-22(23)24(29-25)31-14-16-34-17-15-31/h2,4-5,8-9,21H,3,6-7,10-19H2,1H3,(H,27,33). The zero-order chi connectivity index (χ0) is 23.3. The normalized spacial score (nSPS) is 19.0. The number of urea groups is 1. The van der Waals surface area contributed by atoms with Crippen molar-refractivity contribution in [2.24, 2.45) is 0 Å². The molecule has 0 atom stereocenters. The van der Waals surface area contributed by atoms with Crippen molar-refractivity contribution in [2.45, 2.75) is 57.7 Å². The third-order valence-electron chi connectivity index (χ3n) is 7.35. The van der Waals surface area contributed by atoms with E-state index in [9.17, 15) is 4.79 Å². The topological polar surface area (TPSA) is 73.8 Å². The van der Waals surface area contributed by atoms with Crippen LogP contribution in [-0.2, 0) is 24.2 Å². The van der Waals surface area contributed by atoms with E-state index in [1.54, 1.807) is 0 Å². The van der Waals surface area contributed by atoms with Gasteiger partial charge in [-0.2, -0.15) is 4.98 Å². The summed E-state index contributed by atoms with van der Waals surface area (Å²) in [5, 5.41) is 3.08. The van der Waals surface area contributed by atoms with Crippen molar-refractivity contribution in [3.8, 4) is 0 Å². The number of fused-ring (bicyclic) bond motifs is 1. The van der Waals surface area contributed by atoms with Crippen molar-refractivity contribution in [1.29, 1.82) is 0 Å². The Morgan fingerprint density at radius 3 is 2.62 bits per heavy atom. The van der Waals surface area contributed by atoms with Crippen molar-refractivity contribution in [2.75, 3.05) is 49.7 Å². The van der Waals surface area contributed by atoms with Crippen LogP contribution >= 0.6 is 0 Å². The molecular weight excluding hydrogens is 428 g/mol. The van der Waals surface area contributed by atoms with E-state index in [1.807, 2.05) is 35.2 Å². The van der Waals surface area contributed by atoms with Crippen molar-refractivity contribution in [3.63, 3.8) is 0 Å². The van der Waals surface area contributed by atoms with Gasteiger partial charge in [-0.3, -0.25) is 0 Å². The lowest BCUT2D eigenvalue weighted by atomic mass is 9.95. The number of ether oxygens (including phenoxy) is 1. The van der Waals surface area contributed by atoms with Gasteiger partial charge in [-0.25, -0.2) is 9.78 Å². The van der Waals surface area contributed by atoms with Crippen LogP contribution in [0.25, 0.3) is 0 Å². The molecule has 5 rings (SSSR count). The summed E-state index contributed by atoms with van der Waals surface area (Å²) < 4.78 is 5.60. The van der Waals surface area contributed by atoms with Crippen LogP contribution in [-0.4, -0.2) is 66.8 Å². The van der Waals surface area contributed by atoms with Crippen molar-refractivity contribution in [1.82, 2.24) is 20.2 Å². The molecule has 1 N–H and O–H groups in total. The molecule has 1 saturated heterocycles. The fraction of sp³-hybridized carbons (Fsp3) is 0.577. The summed E-state index contributed by atoms with van der Waals surface area (Å²) in [6.07, 6.45) is 7.06. The van der Waals surface area contributed by atoms with Gasteiger partial charge < -0.3 is 24.8 Å². The van der Waals surface area contributed by atoms with E-state index in [4.69, 9.17) is 14.7 Å². The molecule has 3 aliphatic rings. The summed E-state index contributed by atoms with van der Waals surface area (Å²) in [6, 6.07) is 10.5. The number of aromatic nitrogens is 2. The number of nitrogens with one attached hydrogen (secondary N) is 1. The van der Waals surface area contributed by atoms with Gasteiger partial charge in [0.25, 0.3) is 0 Å². The van der Waals surface area contributed by atoms with Gasteiger partial charge in [0.15, 0.2) is 0 Å². The highest BCUT2D eigenvalue weighted by molar-refractivity contribution is 5.75. The molecule has 8 nitrogen and oxygen atoms in total. The Balaban J connectivity index is 1.36. The quantitative estimate of drug-likeness (QED) is 0.732. The van der Waals surface area contributed by atoms with Crippen molar-refractivity contribution >= 4 is 17.8 Å². The predicted octanol–water partition coefficient (Wildman–Crippen LogP) is 3.35. The van der Waals surface area contributed by atoms with E-state index in [-0.39, 0.29) is 6.03 Å². The lowest BCUT2D eigenvalue weighted by Crippen LogP contribution is -2.45. The summed E-state index contributed by atoms with van der Waals surface area (Å²) in [5.74, 6) is 1.81. The van der Waals surface area contributed by atoms with E-state index in [1.165, 1.54) is 32.1 Å². The van der Waals surface area contributed by atoms with Crippen LogP contribution in [0.1, 0.15) is 48.9 Å². The monoisotopic (exact) mass is 464 g/mol. The van der Waals surface area contributed by atoms with E-state index >= 15 is 0 Å². The zero-order valence-corrected chi connectivity index (χ0v) is 20.2. The molecule has 34 heavy (non-hydrogen) atoms. The number of hydrogen-bond acceptors (Lipinski definition) is 6. The van der Waals surface area contributed by atoms with Crippen LogP contribution in [0, 0.1) is 0 Å². The van der Waals surface area contributed by atoms with Gasteiger partial charge in [-0.05, 0) is 18.4 Å².